The van der Waals surface area contributed by atoms with Crippen molar-refractivity contribution in [2.45, 2.75) is 39.5 Å². The van der Waals surface area contributed by atoms with Crippen LogP contribution in [0.2, 0.25) is 0 Å². The molecule has 0 fully saturated rings. The summed E-state index contributed by atoms with van der Waals surface area (Å²) >= 11 is 3.51. The number of hydrogen-bond acceptors (Lipinski definition) is 5. The maximum atomic E-state index is 13.2. The second-order valence-corrected chi connectivity index (χ2v) is 9.66. The number of nitrogens with zero attached hydrogens (tertiary/aromatic N) is 2. The van der Waals surface area contributed by atoms with Crippen LogP contribution in [0.4, 0.5) is 4.79 Å². The van der Waals surface area contributed by atoms with Gasteiger partial charge in [0.2, 0.25) is 0 Å². The molecular weight excluding hydrogens is 488 g/mol. The quantitative estimate of drug-likeness (QED) is 0.447. The zero-order valence-electron chi connectivity index (χ0n) is 19.8. The summed E-state index contributed by atoms with van der Waals surface area (Å²) in [6.45, 7) is 5.88. The standard InChI is InChI=1S/C25H29BrN2O5/c1-25(2,3)33-24(30)28(14-16-7-9-19(31-5)13-22(16)32-6)15-17-11-23(29)27(4)21-10-8-18(26)12-20(17)21/h7-13H,14-15H2,1-6H3. The molecule has 0 unspecified atom stereocenters. The van der Waals surface area contributed by atoms with Crippen LogP contribution in [-0.4, -0.2) is 35.4 Å². The van der Waals surface area contributed by atoms with Gasteiger partial charge in [-0.1, -0.05) is 15.9 Å². The molecule has 2 aromatic carbocycles. The van der Waals surface area contributed by atoms with Crippen LogP contribution in [0.25, 0.3) is 10.9 Å². The van der Waals surface area contributed by atoms with Gasteiger partial charge in [-0.3, -0.25) is 9.69 Å². The molecule has 0 spiro atoms. The van der Waals surface area contributed by atoms with E-state index >= 15 is 0 Å². The number of halogens is 1. The smallest absolute Gasteiger partial charge is 0.410 e. The number of carbonyl (C=O) groups is 1. The first-order valence-corrected chi connectivity index (χ1v) is 11.3. The zero-order chi connectivity index (χ0) is 24.3. The predicted octanol–water partition coefficient (Wildman–Crippen LogP) is 5.26. The third-order valence-electron chi connectivity index (χ3n) is 5.16. The molecule has 0 saturated heterocycles. The number of amides is 1. The molecule has 1 aromatic heterocycles. The largest absolute Gasteiger partial charge is 0.497 e. The zero-order valence-corrected chi connectivity index (χ0v) is 21.4. The van der Waals surface area contributed by atoms with Crippen molar-refractivity contribution in [3.63, 3.8) is 0 Å². The summed E-state index contributed by atoms with van der Waals surface area (Å²) in [5, 5.41) is 0.877. The molecule has 0 saturated carbocycles. The van der Waals surface area contributed by atoms with Crippen molar-refractivity contribution in [1.82, 2.24) is 9.47 Å². The normalized spacial score (nSPS) is 11.4. The molecule has 0 aliphatic carbocycles. The average molecular weight is 517 g/mol. The van der Waals surface area contributed by atoms with Crippen LogP contribution in [0.5, 0.6) is 11.5 Å². The second-order valence-electron chi connectivity index (χ2n) is 8.74. The number of ether oxygens (including phenoxy) is 3. The number of rotatable bonds is 6. The van der Waals surface area contributed by atoms with Crippen molar-refractivity contribution < 1.29 is 19.0 Å². The Labute approximate surface area is 202 Å². The Balaban J connectivity index is 2.07. The van der Waals surface area contributed by atoms with Crippen LogP contribution in [0.15, 0.2) is 51.7 Å². The van der Waals surface area contributed by atoms with Gasteiger partial charge in [-0.05, 0) is 56.7 Å². The Kier molecular flexibility index (Phi) is 7.37. The van der Waals surface area contributed by atoms with Crippen molar-refractivity contribution in [2.24, 2.45) is 7.05 Å². The monoisotopic (exact) mass is 516 g/mol. The molecule has 33 heavy (non-hydrogen) atoms. The summed E-state index contributed by atoms with van der Waals surface area (Å²) in [6, 6.07) is 12.7. The molecule has 0 atom stereocenters. The highest BCUT2D eigenvalue weighted by Gasteiger charge is 2.25. The van der Waals surface area contributed by atoms with Gasteiger partial charge < -0.3 is 18.8 Å². The minimum Gasteiger partial charge on any atom is -0.497 e. The van der Waals surface area contributed by atoms with Gasteiger partial charge in [-0.25, -0.2) is 4.79 Å². The highest BCUT2D eigenvalue weighted by molar-refractivity contribution is 9.10. The van der Waals surface area contributed by atoms with E-state index in [1.165, 1.54) is 0 Å². The van der Waals surface area contributed by atoms with Gasteiger partial charge in [-0.15, -0.1) is 0 Å². The topological polar surface area (TPSA) is 70.0 Å². The lowest BCUT2D eigenvalue weighted by Gasteiger charge is -2.28. The van der Waals surface area contributed by atoms with E-state index in [-0.39, 0.29) is 18.6 Å². The van der Waals surface area contributed by atoms with Gasteiger partial charge in [-0.2, -0.15) is 0 Å². The summed E-state index contributed by atoms with van der Waals surface area (Å²) in [7, 11) is 4.89. The lowest BCUT2D eigenvalue weighted by molar-refractivity contribution is 0.0216. The molecule has 0 N–H and O–H groups in total. The summed E-state index contributed by atoms with van der Waals surface area (Å²) < 4.78 is 19.0. The Hall–Kier alpha value is -3.00. The summed E-state index contributed by atoms with van der Waals surface area (Å²) in [5.74, 6) is 1.25. The molecule has 8 heteroatoms. The van der Waals surface area contributed by atoms with E-state index in [1.807, 2.05) is 51.1 Å². The van der Waals surface area contributed by atoms with Crippen LogP contribution in [0.3, 0.4) is 0 Å². The van der Waals surface area contributed by atoms with Gasteiger partial charge in [0.1, 0.15) is 17.1 Å². The minimum atomic E-state index is -0.669. The van der Waals surface area contributed by atoms with Crippen molar-refractivity contribution in [1.29, 1.82) is 0 Å². The number of hydrogen-bond donors (Lipinski definition) is 0. The molecule has 3 rings (SSSR count). The van der Waals surface area contributed by atoms with E-state index in [2.05, 4.69) is 15.9 Å². The number of aromatic nitrogens is 1. The SMILES string of the molecule is COc1ccc(CN(Cc2cc(=O)n(C)c3ccc(Br)cc23)C(=O)OC(C)(C)C)c(OC)c1. The molecule has 7 nitrogen and oxygen atoms in total. The first-order valence-electron chi connectivity index (χ1n) is 10.5. The molecular formula is C25H29BrN2O5. The number of pyridine rings is 1. The van der Waals surface area contributed by atoms with Gasteiger partial charge in [0.15, 0.2) is 0 Å². The fraction of sp³-hybridized carbons (Fsp3) is 0.360. The van der Waals surface area contributed by atoms with Crippen molar-refractivity contribution >= 4 is 32.9 Å². The van der Waals surface area contributed by atoms with Crippen LogP contribution in [-0.2, 0) is 24.9 Å². The van der Waals surface area contributed by atoms with Gasteiger partial charge >= 0.3 is 6.09 Å². The van der Waals surface area contributed by atoms with Crippen LogP contribution < -0.4 is 15.0 Å². The number of methoxy groups -OCH3 is 2. The van der Waals surface area contributed by atoms with E-state index in [0.717, 1.165) is 26.5 Å². The van der Waals surface area contributed by atoms with Crippen molar-refractivity contribution in [3.05, 3.63) is 68.4 Å². The fourth-order valence-corrected chi connectivity index (χ4v) is 3.90. The van der Waals surface area contributed by atoms with Gasteiger partial charge in [0, 0.05) is 34.6 Å². The highest BCUT2D eigenvalue weighted by atomic mass is 79.9. The molecule has 0 aliphatic rings. The number of fused-ring (bicyclic) bond motifs is 1. The summed E-state index contributed by atoms with van der Waals surface area (Å²) in [4.78, 5) is 27.4. The Morgan fingerprint density at radius 1 is 1.00 bits per heavy atom. The molecule has 0 bridgehead atoms. The fourth-order valence-electron chi connectivity index (χ4n) is 3.54. The predicted molar refractivity (Wildman–Crippen MR) is 132 cm³/mol. The first kappa shape index (κ1) is 24.6. The summed E-state index contributed by atoms with van der Waals surface area (Å²) in [6.07, 6.45) is -0.482. The Bertz CT molecular complexity index is 1230. The number of benzene rings is 2. The second kappa shape index (κ2) is 9.87. The maximum Gasteiger partial charge on any atom is 0.410 e. The van der Waals surface area contributed by atoms with Crippen molar-refractivity contribution in [3.8, 4) is 11.5 Å². The third kappa shape index (κ3) is 5.87. The van der Waals surface area contributed by atoms with E-state index in [4.69, 9.17) is 14.2 Å². The molecule has 1 heterocycles. The molecule has 1 amide bonds. The lowest BCUT2D eigenvalue weighted by atomic mass is 10.1. The van der Waals surface area contributed by atoms with Crippen molar-refractivity contribution in [2.75, 3.05) is 14.2 Å². The Morgan fingerprint density at radius 2 is 1.70 bits per heavy atom. The van der Waals surface area contributed by atoms with E-state index in [1.54, 1.807) is 42.9 Å². The number of aryl methyl sites for hydroxylation is 1. The molecule has 176 valence electrons. The third-order valence-corrected chi connectivity index (χ3v) is 5.66. The Morgan fingerprint density at radius 3 is 2.33 bits per heavy atom. The van der Waals surface area contributed by atoms with Crippen LogP contribution >= 0.6 is 15.9 Å². The average Bonchev–Trinajstić information content (AvgIpc) is 2.75. The van der Waals surface area contributed by atoms with E-state index in [0.29, 0.717) is 11.5 Å². The van der Waals surface area contributed by atoms with Gasteiger partial charge in [0.25, 0.3) is 5.56 Å². The van der Waals surface area contributed by atoms with E-state index in [9.17, 15) is 9.59 Å². The first-order chi connectivity index (χ1) is 15.5. The molecule has 3 aromatic rings. The minimum absolute atomic E-state index is 0.147. The molecule has 0 aliphatic heterocycles. The molecule has 0 radical (unpaired) electrons. The van der Waals surface area contributed by atoms with Crippen LogP contribution in [0.1, 0.15) is 31.9 Å². The van der Waals surface area contributed by atoms with E-state index < -0.39 is 11.7 Å². The van der Waals surface area contributed by atoms with Gasteiger partial charge in [0.05, 0.1) is 32.8 Å². The number of carbonyl (C=O) groups excluding carboxylic acids is 1. The van der Waals surface area contributed by atoms with Crippen LogP contribution in [0, 0.1) is 0 Å². The maximum absolute atomic E-state index is 13.2. The summed E-state index contributed by atoms with van der Waals surface area (Å²) in [5.41, 5.74) is 1.49. The highest BCUT2D eigenvalue weighted by Crippen LogP contribution is 2.28. The lowest BCUT2D eigenvalue weighted by Crippen LogP contribution is -2.36.